The van der Waals surface area contributed by atoms with Crippen LogP contribution in [-0.4, -0.2) is 41.3 Å². The second kappa shape index (κ2) is 10.6. The summed E-state index contributed by atoms with van der Waals surface area (Å²) in [5.41, 5.74) is 8.51. The van der Waals surface area contributed by atoms with Crippen LogP contribution in [0.1, 0.15) is 44.6 Å². The fourth-order valence-corrected chi connectivity index (χ4v) is 2.58. The zero-order chi connectivity index (χ0) is 17.9. The van der Waals surface area contributed by atoms with Crippen LogP contribution in [0.4, 0.5) is 5.69 Å². The van der Waals surface area contributed by atoms with E-state index in [2.05, 4.69) is 36.1 Å². The van der Waals surface area contributed by atoms with Gasteiger partial charge in [-0.05, 0) is 50.3 Å². The number of aliphatic carboxylic acids is 2. The van der Waals surface area contributed by atoms with Crippen LogP contribution < -0.4 is 10.6 Å². The molecule has 4 N–H and O–H groups in total. The number of carboxylic acids is 2. The molecule has 1 aliphatic rings. The molecule has 6 heteroatoms. The summed E-state index contributed by atoms with van der Waals surface area (Å²) in [5.74, 6) is -2.15. The van der Waals surface area contributed by atoms with Crippen molar-refractivity contribution in [3.05, 3.63) is 29.8 Å². The summed E-state index contributed by atoms with van der Waals surface area (Å²) < 4.78 is 0. The molecular formula is C18H28N2O4. The Kier molecular flexibility index (Phi) is 8.86. The highest BCUT2D eigenvalue weighted by molar-refractivity contribution is 5.75. The lowest BCUT2D eigenvalue weighted by atomic mass is 10.1. The zero-order valence-corrected chi connectivity index (χ0v) is 14.3. The van der Waals surface area contributed by atoms with Crippen molar-refractivity contribution in [2.45, 2.75) is 51.5 Å². The maximum absolute atomic E-state index is 9.64. The van der Waals surface area contributed by atoms with Crippen molar-refractivity contribution in [2.24, 2.45) is 5.73 Å². The molecular weight excluding hydrogens is 308 g/mol. The quantitative estimate of drug-likeness (QED) is 0.737. The Morgan fingerprint density at radius 2 is 1.54 bits per heavy atom. The third-order valence-electron chi connectivity index (χ3n) is 3.77. The molecule has 2 rings (SSSR count). The molecule has 1 saturated heterocycles. The molecule has 0 aromatic heterocycles. The molecule has 0 amide bonds. The highest BCUT2D eigenvalue weighted by Gasteiger charge is 2.10. The lowest BCUT2D eigenvalue weighted by Crippen LogP contribution is -2.29. The number of nitrogens with zero attached hydrogens (tertiary/aromatic N) is 1. The zero-order valence-electron chi connectivity index (χ0n) is 14.3. The smallest absolute Gasteiger partial charge is 0.303 e. The number of benzene rings is 1. The minimum absolute atomic E-state index is 0.251. The second-order valence-electron chi connectivity index (χ2n) is 6.18. The molecule has 6 nitrogen and oxygen atoms in total. The van der Waals surface area contributed by atoms with Gasteiger partial charge in [0.05, 0.1) is 12.8 Å². The molecule has 1 unspecified atom stereocenters. The van der Waals surface area contributed by atoms with Gasteiger partial charge in [-0.15, -0.1) is 0 Å². The normalized spacial score (nSPS) is 15.2. The van der Waals surface area contributed by atoms with Crippen LogP contribution in [0.3, 0.4) is 0 Å². The SMILES string of the molecule is CC(N)Cc1ccc(N2CCCCC2)cc1.O=C(O)CCC(=O)O. The molecule has 134 valence electrons. The Labute approximate surface area is 143 Å². The van der Waals surface area contributed by atoms with Crippen molar-refractivity contribution in [1.82, 2.24) is 0 Å². The van der Waals surface area contributed by atoms with E-state index >= 15 is 0 Å². The van der Waals surface area contributed by atoms with E-state index in [0.717, 1.165) is 6.42 Å². The summed E-state index contributed by atoms with van der Waals surface area (Å²) in [5, 5.41) is 15.8. The van der Waals surface area contributed by atoms with Crippen molar-refractivity contribution in [2.75, 3.05) is 18.0 Å². The Morgan fingerprint density at radius 3 is 1.96 bits per heavy atom. The molecule has 24 heavy (non-hydrogen) atoms. The lowest BCUT2D eigenvalue weighted by molar-refractivity contribution is -0.143. The number of rotatable bonds is 6. The van der Waals surface area contributed by atoms with E-state index in [1.165, 1.54) is 43.6 Å². The lowest BCUT2D eigenvalue weighted by Gasteiger charge is -2.28. The highest BCUT2D eigenvalue weighted by Crippen LogP contribution is 2.20. The van der Waals surface area contributed by atoms with E-state index in [-0.39, 0.29) is 18.9 Å². The first kappa shape index (κ1) is 20.0. The van der Waals surface area contributed by atoms with E-state index in [4.69, 9.17) is 15.9 Å². The Bertz CT molecular complexity index is 494. The van der Waals surface area contributed by atoms with Crippen molar-refractivity contribution in [3.8, 4) is 0 Å². The first-order valence-electron chi connectivity index (χ1n) is 8.41. The summed E-state index contributed by atoms with van der Waals surface area (Å²) in [4.78, 5) is 21.8. The van der Waals surface area contributed by atoms with Crippen LogP contribution in [0.2, 0.25) is 0 Å². The monoisotopic (exact) mass is 336 g/mol. The molecule has 0 spiro atoms. The van der Waals surface area contributed by atoms with Crippen molar-refractivity contribution >= 4 is 17.6 Å². The number of piperidine rings is 1. The number of carboxylic acid groups (broad SMARTS) is 2. The van der Waals surface area contributed by atoms with Gasteiger partial charge >= 0.3 is 11.9 Å². The molecule has 0 aliphatic carbocycles. The van der Waals surface area contributed by atoms with Gasteiger partial charge in [-0.2, -0.15) is 0 Å². The van der Waals surface area contributed by atoms with Gasteiger partial charge in [0.15, 0.2) is 0 Å². The number of nitrogens with two attached hydrogens (primary N) is 1. The molecule has 0 bridgehead atoms. The topological polar surface area (TPSA) is 104 Å². The highest BCUT2D eigenvalue weighted by atomic mass is 16.4. The number of hydrogen-bond acceptors (Lipinski definition) is 4. The number of hydrogen-bond donors (Lipinski definition) is 3. The maximum atomic E-state index is 9.64. The van der Waals surface area contributed by atoms with E-state index < -0.39 is 11.9 Å². The van der Waals surface area contributed by atoms with E-state index in [1.54, 1.807) is 0 Å². The maximum Gasteiger partial charge on any atom is 0.303 e. The first-order chi connectivity index (χ1) is 11.4. The van der Waals surface area contributed by atoms with Crippen LogP contribution in [0.25, 0.3) is 0 Å². The summed E-state index contributed by atoms with van der Waals surface area (Å²) in [7, 11) is 0. The van der Waals surface area contributed by atoms with E-state index in [0.29, 0.717) is 0 Å². The predicted molar refractivity (Wildman–Crippen MR) is 94.4 cm³/mol. The Morgan fingerprint density at radius 1 is 1.04 bits per heavy atom. The van der Waals surface area contributed by atoms with Crippen molar-refractivity contribution in [1.29, 1.82) is 0 Å². The third-order valence-corrected chi connectivity index (χ3v) is 3.77. The summed E-state index contributed by atoms with van der Waals surface area (Å²) in [6.45, 7) is 4.48. The first-order valence-corrected chi connectivity index (χ1v) is 8.41. The minimum Gasteiger partial charge on any atom is -0.481 e. The molecule has 1 aliphatic heterocycles. The van der Waals surface area contributed by atoms with Crippen LogP contribution in [0, 0.1) is 0 Å². The standard InChI is InChI=1S/C14H22N2.C4H6O4/c1-12(15)11-13-5-7-14(8-6-13)16-9-3-2-4-10-16;5-3(6)1-2-4(7)8/h5-8,12H,2-4,9-11,15H2,1H3;1-2H2,(H,5,6)(H,7,8). The fourth-order valence-electron chi connectivity index (χ4n) is 2.58. The van der Waals surface area contributed by atoms with Gasteiger partial charge < -0.3 is 20.8 Å². The van der Waals surface area contributed by atoms with Gasteiger partial charge in [0, 0.05) is 24.8 Å². The Hall–Kier alpha value is -2.08. The van der Waals surface area contributed by atoms with Gasteiger partial charge in [-0.1, -0.05) is 12.1 Å². The molecule has 1 aromatic rings. The second-order valence-corrected chi connectivity index (χ2v) is 6.18. The average molecular weight is 336 g/mol. The molecule has 0 radical (unpaired) electrons. The van der Waals surface area contributed by atoms with E-state index in [9.17, 15) is 9.59 Å². The van der Waals surface area contributed by atoms with Crippen LogP contribution >= 0.6 is 0 Å². The number of carbonyl (C=O) groups is 2. The third kappa shape index (κ3) is 8.53. The van der Waals surface area contributed by atoms with Crippen LogP contribution in [0.5, 0.6) is 0 Å². The molecule has 1 heterocycles. The number of anilines is 1. The summed E-state index contributed by atoms with van der Waals surface area (Å²) >= 11 is 0. The molecule has 1 aromatic carbocycles. The van der Waals surface area contributed by atoms with Gasteiger partial charge in [0.2, 0.25) is 0 Å². The Balaban J connectivity index is 0.000000307. The van der Waals surface area contributed by atoms with Crippen molar-refractivity contribution in [3.63, 3.8) is 0 Å². The van der Waals surface area contributed by atoms with Gasteiger partial charge in [-0.3, -0.25) is 9.59 Å². The fraction of sp³-hybridized carbons (Fsp3) is 0.556. The van der Waals surface area contributed by atoms with Crippen molar-refractivity contribution < 1.29 is 19.8 Å². The van der Waals surface area contributed by atoms with Gasteiger partial charge in [0.25, 0.3) is 0 Å². The molecule has 0 saturated carbocycles. The van der Waals surface area contributed by atoms with Crippen LogP contribution in [-0.2, 0) is 16.0 Å². The van der Waals surface area contributed by atoms with Gasteiger partial charge in [-0.25, -0.2) is 0 Å². The predicted octanol–water partition coefficient (Wildman–Crippen LogP) is 2.50. The van der Waals surface area contributed by atoms with E-state index in [1.807, 2.05) is 0 Å². The largest absolute Gasteiger partial charge is 0.481 e. The molecule has 1 fully saturated rings. The minimum atomic E-state index is -1.08. The summed E-state index contributed by atoms with van der Waals surface area (Å²) in [6.07, 6.45) is 4.44. The molecule has 1 atom stereocenters. The van der Waals surface area contributed by atoms with Gasteiger partial charge in [0.1, 0.15) is 0 Å². The average Bonchev–Trinajstić information content (AvgIpc) is 2.54. The van der Waals surface area contributed by atoms with Crippen LogP contribution in [0.15, 0.2) is 24.3 Å². The summed E-state index contributed by atoms with van der Waals surface area (Å²) in [6, 6.07) is 9.16.